The third-order valence-corrected chi connectivity index (χ3v) is 8.93. The predicted octanol–water partition coefficient (Wildman–Crippen LogP) is 3.65. The Morgan fingerprint density at radius 2 is 1.67 bits per heavy atom. The van der Waals surface area contributed by atoms with Gasteiger partial charge in [-0.15, -0.1) is 23.7 Å². The highest BCUT2D eigenvalue weighted by Gasteiger charge is 2.41. The Kier molecular flexibility index (Phi) is 11.8. The minimum Gasteiger partial charge on any atom is -0.424 e. The van der Waals surface area contributed by atoms with Crippen LogP contribution >= 0.6 is 23.7 Å². The van der Waals surface area contributed by atoms with Crippen LogP contribution in [0.4, 0.5) is 5.69 Å². The molecule has 3 aromatic rings. The Morgan fingerprint density at radius 1 is 1.02 bits per heavy atom. The van der Waals surface area contributed by atoms with E-state index in [-0.39, 0.29) is 47.4 Å². The molecule has 3 rings (SSSR count). The molecule has 15 heteroatoms. The average molecular weight is 651 g/mol. The summed E-state index contributed by atoms with van der Waals surface area (Å²) >= 11 is 1.11. The Morgan fingerprint density at radius 3 is 2.26 bits per heavy atom. The van der Waals surface area contributed by atoms with Gasteiger partial charge in [-0.2, -0.15) is 4.72 Å². The Balaban J connectivity index is 0.00000645. The molecule has 8 N–H and O–H groups in total. The molecule has 1 heterocycles. The molecular formula is C28H35ClN6O6S2. The van der Waals surface area contributed by atoms with Gasteiger partial charge in [0.25, 0.3) is 11.8 Å². The third-order valence-electron chi connectivity index (χ3n) is 6.01. The van der Waals surface area contributed by atoms with Crippen LogP contribution in [0.25, 0.3) is 10.4 Å². The number of guanidine groups is 1. The van der Waals surface area contributed by atoms with Crippen molar-refractivity contribution in [3.8, 4) is 10.4 Å². The number of primary amides is 1. The van der Waals surface area contributed by atoms with Crippen molar-refractivity contribution in [2.24, 2.45) is 11.5 Å². The number of thiophene rings is 1. The summed E-state index contributed by atoms with van der Waals surface area (Å²) in [4.78, 5) is 38.1. The summed E-state index contributed by atoms with van der Waals surface area (Å²) in [7, 11) is -4.36. The van der Waals surface area contributed by atoms with Gasteiger partial charge in [-0.25, -0.2) is 8.42 Å². The van der Waals surface area contributed by atoms with E-state index >= 15 is 0 Å². The van der Waals surface area contributed by atoms with Crippen LogP contribution in [0.15, 0.2) is 53.4 Å². The van der Waals surface area contributed by atoms with Gasteiger partial charge in [-0.05, 0) is 68.1 Å². The van der Waals surface area contributed by atoms with E-state index in [4.69, 9.17) is 21.6 Å². The van der Waals surface area contributed by atoms with Gasteiger partial charge >= 0.3 is 5.97 Å². The van der Waals surface area contributed by atoms with E-state index in [1.54, 1.807) is 56.3 Å². The first kappa shape index (κ1) is 35.2. The SMILES string of the molecule is CC(=O)OC(CCCC(N)=O)(NC(=O)c1ccc(-c2cccc(NC(=N)N)c2)s1)NS(=O)(=O)c1c(C)cc(C)cc1C.Cl. The standard InChI is InChI=1S/C28H34N6O6S2.ClH/c1-16-13-17(2)25(18(3)14-16)42(38,39)34-28(40-19(4)35,12-6-9-24(29)36)33-26(37)23-11-10-22(41-23)20-7-5-8-21(15-20)32-27(30)31;/h5,7-8,10-11,13-15,34H,6,9,12H2,1-4H3,(H2,29,36)(H,33,37)(H4,30,31,32);1H. The summed E-state index contributed by atoms with van der Waals surface area (Å²) in [5.74, 6) is -4.68. The lowest BCUT2D eigenvalue weighted by atomic mass is 10.1. The number of sulfonamides is 1. The zero-order valence-electron chi connectivity index (χ0n) is 24.1. The first-order valence-electron chi connectivity index (χ1n) is 12.8. The third kappa shape index (κ3) is 9.51. The van der Waals surface area contributed by atoms with Crippen LogP contribution in [0.2, 0.25) is 0 Å². The van der Waals surface area contributed by atoms with Gasteiger partial charge in [0.05, 0.1) is 9.77 Å². The maximum Gasteiger partial charge on any atom is 0.305 e. The molecule has 0 saturated carbocycles. The second-order valence-electron chi connectivity index (χ2n) is 9.81. The topological polar surface area (TPSA) is 207 Å². The van der Waals surface area contributed by atoms with Crippen molar-refractivity contribution < 1.29 is 27.5 Å². The van der Waals surface area contributed by atoms with Gasteiger partial charge < -0.3 is 21.5 Å². The number of nitrogens with one attached hydrogen (secondary N) is 4. The Hall–Kier alpha value is -3.98. The number of rotatable bonds is 12. The minimum absolute atomic E-state index is 0. The molecule has 43 heavy (non-hydrogen) atoms. The van der Waals surface area contributed by atoms with E-state index in [1.165, 1.54) is 0 Å². The lowest BCUT2D eigenvalue weighted by molar-refractivity contribution is -0.162. The summed E-state index contributed by atoms with van der Waals surface area (Å²) in [6, 6.07) is 13.7. The molecule has 0 spiro atoms. The molecule has 0 saturated heterocycles. The number of anilines is 1. The van der Waals surface area contributed by atoms with Gasteiger partial charge in [0.15, 0.2) is 5.96 Å². The van der Waals surface area contributed by atoms with Crippen LogP contribution in [0.5, 0.6) is 0 Å². The lowest BCUT2D eigenvalue weighted by Gasteiger charge is -2.34. The van der Waals surface area contributed by atoms with E-state index in [9.17, 15) is 22.8 Å². The molecule has 0 fully saturated rings. The van der Waals surface area contributed by atoms with Crippen LogP contribution < -0.4 is 26.8 Å². The van der Waals surface area contributed by atoms with Gasteiger partial charge in [0.1, 0.15) is 0 Å². The Bertz CT molecular complexity index is 1620. The van der Waals surface area contributed by atoms with E-state index in [1.807, 2.05) is 13.0 Å². The molecule has 0 aliphatic carbocycles. The van der Waals surface area contributed by atoms with E-state index < -0.39 is 33.7 Å². The second-order valence-corrected chi connectivity index (χ2v) is 12.5. The molecule has 1 unspecified atom stereocenters. The number of ether oxygens (including phenoxy) is 1. The number of halogens is 1. The quantitative estimate of drug-likeness (QED) is 0.0736. The maximum absolute atomic E-state index is 13.7. The number of hydrogen-bond donors (Lipinski definition) is 6. The van der Waals surface area contributed by atoms with Crippen LogP contribution in [0.1, 0.15) is 52.5 Å². The maximum atomic E-state index is 13.7. The van der Waals surface area contributed by atoms with Gasteiger partial charge in [0, 0.05) is 30.3 Å². The summed E-state index contributed by atoms with van der Waals surface area (Å²) in [6.07, 6.45) is -0.415. The van der Waals surface area contributed by atoms with Gasteiger partial charge in [0.2, 0.25) is 15.9 Å². The van der Waals surface area contributed by atoms with Crippen molar-refractivity contribution in [2.45, 2.75) is 57.7 Å². The van der Waals surface area contributed by atoms with Gasteiger partial charge in [-0.1, -0.05) is 29.8 Å². The molecule has 12 nitrogen and oxygen atoms in total. The van der Waals surface area contributed by atoms with Crippen molar-refractivity contribution in [3.05, 3.63) is 70.1 Å². The molecule has 2 aromatic carbocycles. The van der Waals surface area contributed by atoms with E-state index in [0.29, 0.717) is 21.7 Å². The van der Waals surface area contributed by atoms with Gasteiger partial charge in [-0.3, -0.25) is 25.1 Å². The number of aryl methyl sites for hydroxylation is 3. The number of benzene rings is 2. The normalized spacial score (nSPS) is 12.4. The molecule has 1 aromatic heterocycles. The molecule has 2 amide bonds. The Labute approximate surface area is 260 Å². The monoisotopic (exact) mass is 650 g/mol. The highest BCUT2D eigenvalue weighted by Crippen LogP contribution is 2.31. The second kappa shape index (κ2) is 14.5. The van der Waals surface area contributed by atoms with E-state index in [0.717, 1.165) is 29.4 Å². The molecule has 0 aliphatic heterocycles. The number of carbonyl (C=O) groups is 3. The number of esters is 1. The fourth-order valence-electron chi connectivity index (χ4n) is 4.62. The van der Waals surface area contributed by atoms with Crippen molar-refractivity contribution in [2.75, 3.05) is 5.32 Å². The predicted molar refractivity (Wildman–Crippen MR) is 169 cm³/mol. The molecular weight excluding hydrogens is 616 g/mol. The fraction of sp³-hybridized carbons (Fsp3) is 0.286. The van der Waals surface area contributed by atoms with E-state index in [2.05, 4.69) is 15.4 Å². The molecule has 232 valence electrons. The van der Waals surface area contributed by atoms with Crippen LogP contribution in [-0.4, -0.2) is 38.0 Å². The molecule has 0 aliphatic rings. The zero-order valence-corrected chi connectivity index (χ0v) is 26.5. The number of carbonyl (C=O) groups excluding carboxylic acids is 3. The molecule has 0 radical (unpaired) electrons. The fourth-order valence-corrected chi connectivity index (χ4v) is 7.21. The zero-order chi connectivity index (χ0) is 31.2. The summed E-state index contributed by atoms with van der Waals surface area (Å²) in [5, 5.41) is 12.7. The summed E-state index contributed by atoms with van der Waals surface area (Å²) < 4.78 is 35.3. The number of nitrogens with two attached hydrogens (primary N) is 2. The number of amides is 2. The van der Waals surface area contributed by atoms with Crippen molar-refractivity contribution in [3.63, 3.8) is 0 Å². The molecule has 1 atom stereocenters. The largest absolute Gasteiger partial charge is 0.424 e. The number of hydrogen-bond acceptors (Lipinski definition) is 8. The van der Waals surface area contributed by atoms with Crippen LogP contribution in [0, 0.1) is 26.2 Å². The lowest BCUT2D eigenvalue weighted by Crippen LogP contribution is -2.63. The van der Waals surface area contributed by atoms with Crippen LogP contribution in [-0.2, 0) is 24.3 Å². The first-order chi connectivity index (χ1) is 19.6. The average Bonchev–Trinajstić information content (AvgIpc) is 3.32. The van der Waals surface area contributed by atoms with Crippen molar-refractivity contribution in [1.82, 2.24) is 10.0 Å². The smallest absolute Gasteiger partial charge is 0.305 e. The highest BCUT2D eigenvalue weighted by atomic mass is 35.5. The minimum atomic E-state index is -4.36. The summed E-state index contributed by atoms with van der Waals surface area (Å²) in [5.41, 5.74) is 13.8. The van der Waals surface area contributed by atoms with Crippen molar-refractivity contribution >= 4 is 63.2 Å². The van der Waals surface area contributed by atoms with Crippen molar-refractivity contribution in [1.29, 1.82) is 5.41 Å². The highest BCUT2D eigenvalue weighted by molar-refractivity contribution is 7.89. The summed E-state index contributed by atoms with van der Waals surface area (Å²) in [6.45, 7) is 6.20. The molecule has 0 bridgehead atoms. The van der Waals surface area contributed by atoms with Crippen LogP contribution in [0.3, 0.4) is 0 Å². The first-order valence-corrected chi connectivity index (χ1v) is 15.1.